The van der Waals surface area contributed by atoms with Crippen molar-refractivity contribution >= 4 is 11.9 Å². The number of carbonyl (C=O) groups is 2. The van der Waals surface area contributed by atoms with Crippen LogP contribution in [-0.2, 0) is 23.2 Å². The van der Waals surface area contributed by atoms with Crippen LogP contribution in [0.15, 0.2) is 73.8 Å². The monoisotopic (exact) mass is 332 g/mol. The molecule has 1 heterocycles. The van der Waals surface area contributed by atoms with E-state index in [4.69, 9.17) is 0 Å². The van der Waals surface area contributed by atoms with E-state index in [9.17, 15) is 9.59 Å². The molecule has 2 aromatic carbocycles. The molecule has 0 aliphatic carbocycles. The standard InChI is InChI=1S/C21H20N2O2/c1-3-9-15-11-5-7-13-17(15)21(19(24)22-20(25)23-21)18-14-8-6-12-16(18)10-4-2/h3-8,11-14H,1-2,9-10H2,(H2,22,23,24,25). The maximum atomic E-state index is 13.0. The molecule has 4 nitrogen and oxygen atoms in total. The third-order valence-corrected chi connectivity index (χ3v) is 4.44. The Balaban J connectivity index is 2.31. The van der Waals surface area contributed by atoms with Gasteiger partial charge in [-0.1, -0.05) is 60.7 Å². The average molecular weight is 332 g/mol. The van der Waals surface area contributed by atoms with Crippen molar-refractivity contribution in [2.75, 3.05) is 0 Å². The van der Waals surface area contributed by atoms with Gasteiger partial charge >= 0.3 is 6.03 Å². The molecular formula is C21H20N2O2. The highest BCUT2D eigenvalue weighted by Gasteiger charge is 2.50. The normalized spacial score (nSPS) is 15.4. The minimum atomic E-state index is -1.25. The van der Waals surface area contributed by atoms with Crippen LogP contribution in [0.1, 0.15) is 22.3 Å². The van der Waals surface area contributed by atoms with E-state index < -0.39 is 11.6 Å². The fourth-order valence-electron chi connectivity index (χ4n) is 3.42. The highest BCUT2D eigenvalue weighted by atomic mass is 16.2. The van der Waals surface area contributed by atoms with Crippen LogP contribution in [0.2, 0.25) is 0 Å². The topological polar surface area (TPSA) is 58.2 Å². The molecule has 1 aliphatic rings. The van der Waals surface area contributed by atoms with E-state index >= 15 is 0 Å². The largest absolute Gasteiger partial charge is 0.322 e. The van der Waals surface area contributed by atoms with Gasteiger partial charge in [0.05, 0.1) is 0 Å². The van der Waals surface area contributed by atoms with Crippen LogP contribution in [0.5, 0.6) is 0 Å². The summed E-state index contributed by atoms with van der Waals surface area (Å²) in [6.45, 7) is 7.60. The Bertz CT molecular complexity index is 801. The average Bonchev–Trinajstić information content (AvgIpc) is 2.91. The molecule has 0 unspecified atom stereocenters. The number of nitrogens with one attached hydrogen (secondary N) is 2. The van der Waals surface area contributed by atoms with E-state index in [1.54, 1.807) is 12.2 Å². The first-order valence-electron chi connectivity index (χ1n) is 8.15. The van der Waals surface area contributed by atoms with Crippen LogP contribution in [0.25, 0.3) is 0 Å². The fourth-order valence-corrected chi connectivity index (χ4v) is 3.42. The number of rotatable bonds is 6. The Labute approximate surface area is 147 Å². The summed E-state index contributed by atoms with van der Waals surface area (Å²) >= 11 is 0. The van der Waals surface area contributed by atoms with Gasteiger partial charge in [0.25, 0.3) is 5.91 Å². The Morgan fingerprint density at radius 1 is 0.840 bits per heavy atom. The van der Waals surface area contributed by atoms with E-state index in [0.29, 0.717) is 12.8 Å². The molecule has 126 valence electrons. The minimum Gasteiger partial charge on any atom is -0.316 e. The van der Waals surface area contributed by atoms with Gasteiger partial charge < -0.3 is 5.32 Å². The van der Waals surface area contributed by atoms with E-state index in [1.165, 1.54) is 0 Å². The van der Waals surface area contributed by atoms with Crippen molar-refractivity contribution in [2.45, 2.75) is 18.4 Å². The zero-order chi connectivity index (χ0) is 17.9. The summed E-state index contributed by atoms with van der Waals surface area (Å²) in [5, 5.41) is 5.28. The van der Waals surface area contributed by atoms with Crippen molar-refractivity contribution in [1.82, 2.24) is 10.6 Å². The Hall–Kier alpha value is -3.14. The third kappa shape index (κ3) is 2.76. The second kappa shape index (κ2) is 6.77. The molecule has 0 saturated carbocycles. The summed E-state index contributed by atoms with van der Waals surface area (Å²) in [7, 11) is 0. The SMILES string of the molecule is C=CCc1ccccc1C1(c2ccccc2CC=C)NC(=O)NC1=O. The molecule has 0 bridgehead atoms. The summed E-state index contributed by atoms with van der Waals surface area (Å²) in [5.41, 5.74) is 2.16. The number of allylic oxidation sites excluding steroid dienone is 2. The predicted molar refractivity (Wildman–Crippen MR) is 98.1 cm³/mol. The van der Waals surface area contributed by atoms with Crippen LogP contribution >= 0.6 is 0 Å². The predicted octanol–water partition coefficient (Wildman–Crippen LogP) is 3.23. The van der Waals surface area contributed by atoms with Crippen molar-refractivity contribution in [2.24, 2.45) is 0 Å². The van der Waals surface area contributed by atoms with Gasteiger partial charge in [-0.05, 0) is 35.1 Å². The second-order valence-electron chi connectivity index (χ2n) is 5.96. The minimum absolute atomic E-state index is 0.370. The third-order valence-electron chi connectivity index (χ3n) is 4.44. The lowest BCUT2D eigenvalue weighted by Gasteiger charge is -2.31. The zero-order valence-electron chi connectivity index (χ0n) is 13.9. The first-order valence-corrected chi connectivity index (χ1v) is 8.15. The lowest BCUT2D eigenvalue weighted by Crippen LogP contribution is -2.46. The van der Waals surface area contributed by atoms with Gasteiger partial charge in [-0.25, -0.2) is 4.79 Å². The molecule has 0 atom stereocenters. The Morgan fingerprint density at radius 3 is 1.72 bits per heavy atom. The quantitative estimate of drug-likeness (QED) is 0.630. The van der Waals surface area contributed by atoms with Crippen LogP contribution < -0.4 is 10.6 Å². The number of amides is 3. The maximum absolute atomic E-state index is 13.0. The Kier molecular flexibility index (Phi) is 4.52. The molecule has 0 aromatic heterocycles. The summed E-state index contributed by atoms with van der Waals surface area (Å²) < 4.78 is 0. The van der Waals surface area contributed by atoms with Gasteiger partial charge in [0, 0.05) is 0 Å². The molecule has 3 rings (SSSR count). The highest BCUT2D eigenvalue weighted by Crippen LogP contribution is 2.37. The lowest BCUT2D eigenvalue weighted by atomic mass is 9.77. The van der Waals surface area contributed by atoms with Crippen molar-refractivity contribution < 1.29 is 9.59 Å². The first kappa shape index (κ1) is 16.7. The number of hydrogen-bond acceptors (Lipinski definition) is 2. The first-order chi connectivity index (χ1) is 12.1. The van der Waals surface area contributed by atoms with E-state index in [2.05, 4.69) is 23.8 Å². The smallest absolute Gasteiger partial charge is 0.316 e. The van der Waals surface area contributed by atoms with Gasteiger partial charge in [0.1, 0.15) is 0 Å². The molecule has 2 N–H and O–H groups in total. The van der Waals surface area contributed by atoms with E-state index in [0.717, 1.165) is 22.3 Å². The number of hydrogen-bond donors (Lipinski definition) is 2. The Morgan fingerprint density at radius 2 is 1.32 bits per heavy atom. The van der Waals surface area contributed by atoms with Crippen molar-refractivity contribution in [3.63, 3.8) is 0 Å². The summed E-state index contributed by atoms with van der Waals surface area (Å²) in [5.74, 6) is -0.370. The molecule has 25 heavy (non-hydrogen) atoms. The molecule has 0 radical (unpaired) electrons. The van der Waals surface area contributed by atoms with Crippen molar-refractivity contribution in [3.05, 3.63) is 96.1 Å². The molecule has 1 aliphatic heterocycles. The number of carbonyl (C=O) groups excluding carboxylic acids is 2. The molecule has 3 amide bonds. The summed E-state index contributed by atoms with van der Waals surface area (Å²) in [6.07, 6.45) is 4.78. The summed E-state index contributed by atoms with van der Waals surface area (Å²) in [4.78, 5) is 25.0. The van der Waals surface area contributed by atoms with Gasteiger partial charge in [0.15, 0.2) is 5.54 Å². The molecule has 2 aromatic rings. The molecule has 1 fully saturated rings. The number of urea groups is 1. The zero-order valence-corrected chi connectivity index (χ0v) is 13.9. The molecular weight excluding hydrogens is 312 g/mol. The summed E-state index contributed by atoms with van der Waals surface area (Å²) in [6, 6.07) is 14.8. The highest BCUT2D eigenvalue weighted by molar-refractivity contribution is 6.10. The van der Waals surface area contributed by atoms with E-state index in [1.807, 2.05) is 48.5 Å². The van der Waals surface area contributed by atoms with Crippen LogP contribution in [-0.4, -0.2) is 11.9 Å². The van der Waals surface area contributed by atoms with Crippen LogP contribution in [0, 0.1) is 0 Å². The number of imide groups is 1. The fraction of sp³-hybridized carbons (Fsp3) is 0.143. The van der Waals surface area contributed by atoms with Gasteiger partial charge in [0.2, 0.25) is 0 Å². The van der Waals surface area contributed by atoms with Gasteiger partial charge in [-0.2, -0.15) is 0 Å². The molecule has 1 saturated heterocycles. The van der Waals surface area contributed by atoms with Crippen LogP contribution in [0.3, 0.4) is 0 Å². The van der Waals surface area contributed by atoms with Crippen molar-refractivity contribution in [3.8, 4) is 0 Å². The molecule has 0 spiro atoms. The lowest BCUT2D eigenvalue weighted by molar-refractivity contribution is -0.122. The molecule has 4 heteroatoms. The van der Waals surface area contributed by atoms with Gasteiger partial charge in [-0.15, -0.1) is 13.2 Å². The number of benzene rings is 2. The van der Waals surface area contributed by atoms with Crippen LogP contribution in [0.4, 0.5) is 4.79 Å². The maximum Gasteiger partial charge on any atom is 0.322 e. The van der Waals surface area contributed by atoms with E-state index in [-0.39, 0.29) is 5.91 Å². The van der Waals surface area contributed by atoms with Crippen molar-refractivity contribution in [1.29, 1.82) is 0 Å². The second-order valence-corrected chi connectivity index (χ2v) is 5.96. The van der Waals surface area contributed by atoms with Gasteiger partial charge in [-0.3, -0.25) is 10.1 Å².